The van der Waals surface area contributed by atoms with Crippen molar-refractivity contribution < 1.29 is 13.5 Å². The molecule has 0 spiro atoms. The van der Waals surface area contributed by atoms with Gasteiger partial charge in [-0.05, 0) is 36.5 Å². The second kappa shape index (κ2) is 6.15. The summed E-state index contributed by atoms with van der Waals surface area (Å²) in [5.41, 5.74) is 0.500. The highest BCUT2D eigenvalue weighted by Gasteiger charge is 2.32. The van der Waals surface area contributed by atoms with Crippen molar-refractivity contribution in [3.05, 3.63) is 28.8 Å². The van der Waals surface area contributed by atoms with E-state index in [1.54, 1.807) is 6.07 Å². The molecule has 0 atom stereocenters. The van der Waals surface area contributed by atoms with Crippen LogP contribution in [0.2, 0.25) is 5.02 Å². The summed E-state index contributed by atoms with van der Waals surface area (Å²) in [4.78, 5) is 0.00150. The maximum atomic E-state index is 12.6. The number of hydrogen-bond acceptors (Lipinski definition) is 3. The van der Waals surface area contributed by atoms with Crippen molar-refractivity contribution in [1.82, 2.24) is 4.31 Å². The Kier molecular flexibility index (Phi) is 4.71. The van der Waals surface area contributed by atoms with Crippen LogP contribution >= 0.6 is 11.6 Å². The predicted molar refractivity (Wildman–Crippen MR) is 77.7 cm³/mol. The summed E-state index contributed by atoms with van der Waals surface area (Å²) >= 11 is 5.99. The SMILES string of the molecule is C#CCN(CC1CC1)S(=O)(=O)c1cc(CO)ccc1Cl. The molecule has 108 valence electrons. The van der Waals surface area contributed by atoms with E-state index in [4.69, 9.17) is 23.1 Å². The Balaban J connectivity index is 2.38. The molecule has 1 aromatic carbocycles. The largest absolute Gasteiger partial charge is 0.392 e. The summed E-state index contributed by atoms with van der Waals surface area (Å²) in [6.07, 6.45) is 7.32. The molecule has 0 bridgehead atoms. The third kappa shape index (κ3) is 3.33. The number of halogens is 1. The van der Waals surface area contributed by atoms with Gasteiger partial charge < -0.3 is 5.11 Å². The van der Waals surface area contributed by atoms with Gasteiger partial charge in [-0.3, -0.25) is 0 Å². The number of terminal acetylenes is 1. The van der Waals surface area contributed by atoms with E-state index in [2.05, 4.69) is 5.92 Å². The first-order valence-electron chi connectivity index (χ1n) is 6.32. The summed E-state index contributed by atoms with van der Waals surface area (Å²) in [7, 11) is -3.73. The summed E-state index contributed by atoms with van der Waals surface area (Å²) in [5, 5.41) is 9.27. The molecule has 6 heteroatoms. The minimum Gasteiger partial charge on any atom is -0.392 e. The van der Waals surface area contributed by atoms with E-state index >= 15 is 0 Å². The van der Waals surface area contributed by atoms with Gasteiger partial charge in [0.15, 0.2) is 0 Å². The standard InChI is InChI=1S/C14H16ClNO3S/c1-2-7-16(9-11-3-4-11)20(18,19)14-8-12(10-17)5-6-13(14)15/h1,5-6,8,11,17H,3-4,7,9-10H2. The maximum absolute atomic E-state index is 12.6. The van der Waals surface area contributed by atoms with Crippen LogP contribution in [0.3, 0.4) is 0 Å². The molecule has 0 unspecified atom stereocenters. The molecule has 0 saturated heterocycles. The molecule has 4 nitrogen and oxygen atoms in total. The number of aliphatic hydroxyl groups excluding tert-OH is 1. The van der Waals surface area contributed by atoms with Gasteiger partial charge in [0.05, 0.1) is 18.2 Å². The summed E-state index contributed by atoms with van der Waals surface area (Å²) in [5.74, 6) is 2.77. The van der Waals surface area contributed by atoms with Gasteiger partial charge in [-0.1, -0.05) is 23.6 Å². The zero-order chi connectivity index (χ0) is 14.8. The average molecular weight is 314 g/mol. The van der Waals surface area contributed by atoms with Crippen LogP contribution in [-0.4, -0.2) is 30.9 Å². The van der Waals surface area contributed by atoms with E-state index in [-0.39, 0.29) is 23.1 Å². The Labute approximate surface area is 124 Å². The molecule has 1 saturated carbocycles. The Hall–Kier alpha value is -1.06. The number of benzene rings is 1. The Morgan fingerprint density at radius 3 is 2.70 bits per heavy atom. The smallest absolute Gasteiger partial charge is 0.245 e. The third-order valence-electron chi connectivity index (χ3n) is 3.22. The van der Waals surface area contributed by atoms with Gasteiger partial charge in [-0.2, -0.15) is 4.31 Å². The van der Waals surface area contributed by atoms with Gasteiger partial charge in [0.25, 0.3) is 0 Å². The van der Waals surface area contributed by atoms with Crippen LogP contribution < -0.4 is 0 Å². The molecule has 1 aliphatic carbocycles. The van der Waals surface area contributed by atoms with Crippen molar-refractivity contribution in [3.63, 3.8) is 0 Å². The number of rotatable bonds is 6. The molecule has 1 N–H and O–H groups in total. The van der Waals surface area contributed by atoms with Gasteiger partial charge in [-0.25, -0.2) is 8.42 Å². The summed E-state index contributed by atoms with van der Waals surface area (Å²) < 4.78 is 26.6. The monoisotopic (exact) mass is 313 g/mol. The second-order valence-corrected chi connectivity index (χ2v) is 7.18. The first kappa shape index (κ1) is 15.3. The molecule has 0 aromatic heterocycles. The van der Waals surface area contributed by atoms with Crippen molar-refractivity contribution in [2.24, 2.45) is 5.92 Å². The fourth-order valence-corrected chi connectivity index (χ4v) is 3.88. The molecule has 0 aliphatic heterocycles. The van der Waals surface area contributed by atoms with Crippen molar-refractivity contribution in [3.8, 4) is 12.3 Å². The number of aliphatic hydroxyl groups is 1. The molecule has 0 amide bonds. The first-order chi connectivity index (χ1) is 9.48. The molecule has 2 rings (SSSR count). The minimum atomic E-state index is -3.73. The molecule has 1 fully saturated rings. The molecule has 0 heterocycles. The summed E-state index contributed by atoms with van der Waals surface area (Å²) in [6, 6.07) is 4.47. The van der Waals surface area contributed by atoms with Crippen LogP contribution in [0, 0.1) is 18.3 Å². The van der Waals surface area contributed by atoms with Gasteiger partial charge in [0.1, 0.15) is 4.90 Å². The van der Waals surface area contributed by atoms with E-state index < -0.39 is 10.0 Å². The lowest BCUT2D eigenvalue weighted by Crippen LogP contribution is -2.33. The van der Waals surface area contributed by atoms with Gasteiger partial charge >= 0.3 is 0 Å². The Morgan fingerprint density at radius 2 is 2.15 bits per heavy atom. The van der Waals surface area contributed by atoms with Crippen molar-refractivity contribution in [2.45, 2.75) is 24.3 Å². The topological polar surface area (TPSA) is 57.6 Å². The van der Waals surface area contributed by atoms with Crippen molar-refractivity contribution >= 4 is 21.6 Å². The fraction of sp³-hybridized carbons (Fsp3) is 0.429. The lowest BCUT2D eigenvalue weighted by Gasteiger charge is -2.20. The molecule has 0 radical (unpaired) electrons. The van der Waals surface area contributed by atoms with Gasteiger partial charge in [0.2, 0.25) is 10.0 Å². The number of hydrogen-bond donors (Lipinski definition) is 1. The van der Waals surface area contributed by atoms with Gasteiger partial charge in [0, 0.05) is 6.54 Å². The van der Waals surface area contributed by atoms with Crippen molar-refractivity contribution in [2.75, 3.05) is 13.1 Å². The molecule has 20 heavy (non-hydrogen) atoms. The Bertz CT molecular complexity index is 632. The molecular formula is C14H16ClNO3S. The van der Waals surface area contributed by atoms with E-state index in [0.717, 1.165) is 12.8 Å². The highest BCUT2D eigenvalue weighted by molar-refractivity contribution is 7.89. The second-order valence-electron chi connectivity index (χ2n) is 4.87. The first-order valence-corrected chi connectivity index (χ1v) is 8.13. The zero-order valence-electron chi connectivity index (χ0n) is 10.9. The van der Waals surface area contributed by atoms with E-state index in [9.17, 15) is 8.42 Å². The molecule has 1 aliphatic rings. The highest BCUT2D eigenvalue weighted by Crippen LogP contribution is 2.33. The van der Waals surface area contributed by atoms with E-state index in [1.807, 2.05) is 0 Å². The quantitative estimate of drug-likeness (QED) is 0.816. The van der Waals surface area contributed by atoms with Gasteiger partial charge in [-0.15, -0.1) is 6.42 Å². The fourth-order valence-electron chi connectivity index (χ4n) is 1.92. The average Bonchev–Trinajstić information content (AvgIpc) is 3.22. The number of nitrogens with zero attached hydrogens (tertiary/aromatic N) is 1. The predicted octanol–water partition coefficient (Wildman–Crippen LogP) is 1.87. The summed E-state index contributed by atoms with van der Waals surface area (Å²) in [6.45, 7) is 0.210. The normalized spacial score (nSPS) is 15.3. The van der Waals surface area contributed by atoms with Crippen molar-refractivity contribution in [1.29, 1.82) is 0 Å². The molecular weight excluding hydrogens is 298 g/mol. The molecule has 1 aromatic rings. The van der Waals surface area contributed by atoms with Crippen LogP contribution in [-0.2, 0) is 16.6 Å². The Morgan fingerprint density at radius 1 is 1.45 bits per heavy atom. The van der Waals surface area contributed by atoms with Crippen LogP contribution in [0.25, 0.3) is 0 Å². The van der Waals surface area contributed by atoms with Crippen LogP contribution in [0.5, 0.6) is 0 Å². The van der Waals surface area contributed by atoms with Crippen LogP contribution in [0.1, 0.15) is 18.4 Å². The zero-order valence-corrected chi connectivity index (χ0v) is 12.5. The van der Waals surface area contributed by atoms with E-state index in [0.29, 0.717) is 18.0 Å². The third-order valence-corrected chi connectivity index (χ3v) is 5.52. The maximum Gasteiger partial charge on any atom is 0.245 e. The highest BCUT2D eigenvalue weighted by atomic mass is 35.5. The lowest BCUT2D eigenvalue weighted by molar-refractivity contribution is 0.281. The minimum absolute atomic E-state index is 0.00150. The number of sulfonamides is 1. The lowest BCUT2D eigenvalue weighted by atomic mass is 10.2. The van der Waals surface area contributed by atoms with E-state index in [1.165, 1.54) is 16.4 Å². The van der Waals surface area contributed by atoms with Crippen LogP contribution in [0.15, 0.2) is 23.1 Å². The van der Waals surface area contributed by atoms with Crippen LogP contribution in [0.4, 0.5) is 0 Å².